The molecule has 1 aliphatic heterocycles. The second kappa shape index (κ2) is 11.3. The summed E-state index contributed by atoms with van der Waals surface area (Å²) in [6.07, 6.45) is 15.5. The molecule has 0 aromatic rings. The predicted octanol–water partition coefficient (Wildman–Crippen LogP) is 7.09. The van der Waals surface area contributed by atoms with Gasteiger partial charge in [0.15, 0.2) is 0 Å². The maximum Gasteiger partial charge on any atom is 0.104 e. The van der Waals surface area contributed by atoms with E-state index in [4.69, 9.17) is 9.78 Å². The van der Waals surface area contributed by atoms with E-state index in [1.807, 2.05) is 0 Å². The van der Waals surface area contributed by atoms with Crippen LogP contribution in [-0.2, 0) is 9.78 Å². The van der Waals surface area contributed by atoms with Crippen LogP contribution < -0.4 is 0 Å². The van der Waals surface area contributed by atoms with Crippen molar-refractivity contribution in [3.8, 4) is 0 Å². The molecule has 5 unspecified atom stereocenters. The largest absolute Gasteiger partial charge is 0.233 e. The molecule has 0 saturated carbocycles. The van der Waals surface area contributed by atoms with E-state index >= 15 is 0 Å². The van der Waals surface area contributed by atoms with Gasteiger partial charge < -0.3 is 0 Å². The van der Waals surface area contributed by atoms with Crippen molar-refractivity contribution >= 4 is 0 Å². The Morgan fingerprint density at radius 1 is 1.04 bits per heavy atom. The Labute approximate surface area is 151 Å². The third-order valence-corrected chi connectivity index (χ3v) is 6.12. The molecule has 0 amide bonds. The van der Waals surface area contributed by atoms with E-state index < -0.39 is 0 Å². The molecule has 2 heteroatoms. The standard InChI is InChI=1S/C22H42O2/c1-7-13-14-18(8-2)15-19(9-3)16-22(12-6)17-20(10-4)21(11-5)23-24-22/h13-14,18-21H,7-12,15-17H2,1-6H3/b14-13+. The molecular formula is C22H42O2. The smallest absolute Gasteiger partial charge is 0.104 e. The molecule has 1 saturated heterocycles. The first-order valence-corrected chi connectivity index (χ1v) is 10.6. The Morgan fingerprint density at radius 2 is 1.79 bits per heavy atom. The summed E-state index contributed by atoms with van der Waals surface area (Å²) in [5.74, 6) is 2.07. The highest BCUT2D eigenvalue weighted by Gasteiger charge is 2.42. The molecule has 24 heavy (non-hydrogen) atoms. The Hall–Kier alpha value is -0.340. The predicted molar refractivity (Wildman–Crippen MR) is 104 cm³/mol. The first-order chi connectivity index (χ1) is 11.6. The van der Waals surface area contributed by atoms with E-state index in [1.165, 1.54) is 25.7 Å². The van der Waals surface area contributed by atoms with Gasteiger partial charge >= 0.3 is 0 Å². The lowest BCUT2D eigenvalue weighted by atomic mass is 9.75. The highest BCUT2D eigenvalue weighted by atomic mass is 17.2. The number of hydrogen-bond acceptors (Lipinski definition) is 2. The van der Waals surface area contributed by atoms with Crippen LogP contribution in [-0.4, -0.2) is 11.7 Å². The molecule has 1 heterocycles. The molecule has 0 spiro atoms. The molecule has 0 N–H and O–H groups in total. The molecule has 0 bridgehead atoms. The van der Waals surface area contributed by atoms with Crippen LogP contribution in [0.5, 0.6) is 0 Å². The second-order valence-electron chi connectivity index (χ2n) is 7.75. The molecule has 1 rings (SSSR count). The van der Waals surface area contributed by atoms with Crippen LogP contribution in [0.3, 0.4) is 0 Å². The van der Waals surface area contributed by atoms with Gasteiger partial charge in [-0.05, 0) is 62.7 Å². The molecule has 1 aliphatic rings. The Kier molecular flexibility index (Phi) is 10.2. The summed E-state index contributed by atoms with van der Waals surface area (Å²) in [6.45, 7) is 13.6. The highest BCUT2D eigenvalue weighted by Crippen LogP contribution is 2.42. The topological polar surface area (TPSA) is 18.5 Å². The van der Waals surface area contributed by atoms with Crippen molar-refractivity contribution < 1.29 is 9.78 Å². The average Bonchev–Trinajstić information content (AvgIpc) is 2.63. The molecule has 2 nitrogen and oxygen atoms in total. The summed E-state index contributed by atoms with van der Waals surface area (Å²) in [5, 5.41) is 0. The minimum absolute atomic E-state index is 0.0697. The molecule has 5 atom stereocenters. The SMILES string of the molecule is CC/C=C/C(CC)CC(CC)CC1(CC)CC(CC)C(CC)OO1. The zero-order valence-corrected chi connectivity index (χ0v) is 17.1. The fourth-order valence-corrected chi connectivity index (χ4v) is 4.22. The van der Waals surface area contributed by atoms with E-state index in [2.05, 4.69) is 53.7 Å². The lowest BCUT2D eigenvalue weighted by Crippen LogP contribution is -2.46. The van der Waals surface area contributed by atoms with Crippen LogP contribution in [0.4, 0.5) is 0 Å². The minimum atomic E-state index is -0.0697. The monoisotopic (exact) mass is 338 g/mol. The zero-order chi connectivity index (χ0) is 18.0. The summed E-state index contributed by atoms with van der Waals surface area (Å²) in [5.41, 5.74) is -0.0697. The normalized spacial score (nSPS) is 30.6. The van der Waals surface area contributed by atoms with Crippen molar-refractivity contribution in [3.05, 3.63) is 12.2 Å². The van der Waals surface area contributed by atoms with Crippen LogP contribution in [0.1, 0.15) is 99.3 Å². The second-order valence-corrected chi connectivity index (χ2v) is 7.75. The van der Waals surface area contributed by atoms with Gasteiger partial charge in [-0.15, -0.1) is 0 Å². The third-order valence-electron chi connectivity index (χ3n) is 6.12. The summed E-state index contributed by atoms with van der Waals surface area (Å²) in [6, 6.07) is 0. The average molecular weight is 339 g/mol. The van der Waals surface area contributed by atoms with Crippen molar-refractivity contribution in [2.75, 3.05) is 0 Å². The zero-order valence-electron chi connectivity index (χ0n) is 17.1. The van der Waals surface area contributed by atoms with Crippen molar-refractivity contribution in [2.45, 2.75) is 111 Å². The highest BCUT2D eigenvalue weighted by molar-refractivity contribution is 4.92. The Bertz CT molecular complexity index is 352. The van der Waals surface area contributed by atoms with Gasteiger partial charge in [0.1, 0.15) is 5.60 Å². The number of hydrogen-bond donors (Lipinski definition) is 0. The van der Waals surface area contributed by atoms with Crippen molar-refractivity contribution in [3.63, 3.8) is 0 Å². The van der Waals surface area contributed by atoms with Crippen LogP contribution >= 0.6 is 0 Å². The minimum Gasteiger partial charge on any atom is -0.233 e. The van der Waals surface area contributed by atoms with Gasteiger partial charge in [-0.25, -0.2) is 9.78 Å². The summed E-state index contributed by atoms with van der Waals surface area (Å²) in [4.78, 5) is 11.9. The van der Waals surface area contributed by atoms with E-state index in [9.17, 15) is 0 Å². The van der Waals surface area contributed by atoms with Crippen LogP contribution in [0.15, 0.2) is 12.2 Å². The van der Waals surface area contributed by atoms with E-state index in [0.717, 1.165) is 38.0 Å². The fraction of sp³-hybridized carbons (Fsp3) is 0.909. The summed E-state index contributed by atoms with van der Waals surface area (Å²) < 4.78 is 0. The molecule has 0 aromatic carbocycles. The lowest BCUT2D eigenvalue weighted by Gasteiger charge is -2.44. The van der Waals surface area contributed by atoms with Crippen LogP contribution in [0.25, 0.3) is 0 Å². The van der Waals surface area contributed by atoms with Gasteiger partial charge in [-0.2, -0.15) is 0 Å². The molecule has 1 fully saturated rings. The third kappa shape index (κ3) is 6.19. The van der Waals surface area contributed by atoms with E-state index in [1.54, 1.807) is 0 Å². The van der Waals surface area contributed by atoms with Gasteiger partial charge in [-0.1, -0.05) is 66.5 Å². The van der Waals surface area contributed by atoms with Gasteiger partial charge in [0.25, 0.3) is 0 Å². The van der Waals surface area contributed by atoms with E-state index in [0.29, 0.717) is 11.8 Å². The van der Waals surface area contributed by atoms with Crippen molar-refractivity contribution in [1.29, 1.82) is 0 Å². The molecular weight excluding hydrogens is 296 g/mol. The van der Waals surface area contributed by atoms with Gasteiger partial charge in [0.2, 0.25) is 0 Å². The fourth-order valence-electron chi connectivity index (χ4n) is 4.22. The van der Waals surface area contributed by atoms with Gasteiger partial charge in [0.05, 0.1) is 6.10 Å². The first kappa shape index (κ1) is 21.7. The van der Waals surface area contributed by atoms with Crippen LogP contribution in [0, 0.1) is 17.8 Å². The summed E-state index contributed by atoms with van der Waals surface area (Å²) in [7, 11) is 0. The number of rotatable bonds is 11. The number of allylic oxidation sites excluding steroid dienone is 2. The Morgan fingerprint density at radius 3 is 2.29 bits per heavy atom. The molecule has 0 radical (unpaired) electrons. The van der Waals surface area contributed by atoms with Gasteiger partial charge in [-0.3, -0.25) is 0 Å². The van der Waals surface area contributed by atoms with Crippen LogP contribution in [0.2, 0.25) is 0 Å². The lowest BCUT2D eigenvalue weighted by molar-refractivity contribution is -0.425. The maximum atomic E-state index is 6.06. The molecule has 0 aliphatic carbocycles. The van der Waals surface area contributed by atoms with Gasteiger partial charge in [0, 0.05) is 0 Å². The molecule has 0 aromatic heterocycles. The molecule has 142 valence electrons. The quantitative estimate of drug-likeness (QED) is 0.296. The Balaban J connectivity index is 2.74. The van der Waals surface area contributed by atoms with E-state index in [-0.39, 0.29) is 11.7 Å². The first-order valence-electron chi connectivity index (χ1n) is 10.6. The van der Waals surface area contributed by atoms with Crippen molar-refractivity contribution in [1.82, 2.24) is 0 Å². The van der Waals surface area contributed by atoms with Crippen molar-refractivity contribution in [2.24, 2.45) is 17.8 Å². The summed E-state index contributed by atoms with van der Waals surface area (Å²) >= 11 is 0. The maximum absolute atomic E-state index is 6.06.